The molecule has 1 aromatic heterocycles. The molecule has 3 saturated heterocycles. The monoisotopic (exact) mass is 1700 g/mol. The van der Waals surface area contributed by atoms with Crippen molar-refractivity contribution in [2.24, 2.45) is 21.7 Å². The molecule has 10 rings (SSSR count). The van der Waals surface area contributed by atoms with Gasteiger partial charge in [-0.25, -0.2) is 43.5 Å². The van der Waals surface area contributed by atoms with E-state index >= 15 is 0 Å². The molecule has 3 fully saturated rings. The number of aromatic amines is 2. The zero-order chi connectivity index (χ0) is 86.0. The highest BCUT2D eigenvalue weighted by Crippen LogP contribution is 2.44. The Labute approximate surface area is 649 Å². The average molecular weight is 1700 g/mol. The van der Waals surface area contributed by atoms with E-state index in [0.717, 1.165) is 7.11 Å². The molecule has 3 aliphatic rings. The lowest BCUT2D eigenvalue weighted by Crippen LogP contribution is -2.49. The van der Waals surface area contributed by atoms with E-state index in [2.05, 4.69) is 45.6 Å². The molecule has 116 heavy (non-hydrogen) atoms. The molecule has 3 aliphatic heterocycles. The molecule has 0 bridgehead atoms. The van der Waals surface area contributed by atoms with Crippen molar-refractivity contribution in [2.45, 2.75) is 120 Å². The number of H-pyrrole nitrogens is 2. The molecule has 23 nitrogen and oxygen atoms in total. The normalized spacial score (nSPS) is 19.6. The Morgan fingerprint density at radius 3 is 1.17 bits per heavy atom. The molecule has 636 valence electrons. The van der Waals surface area contributed by atoms with E-state index in [0.29, 0.717) is 66.2 Å². The van der Waals surface area contributed by atoms with Gasteiger partial charge in [-0.2, -0.15) is 94.3 Å². The number of nitrogens with two attached hydrogens (primary N) is 2. The van der Waals surface area contributed by atoms with Crippen molar-refractivity contribution in [2.75, 3.05) is 66.1 Å². The summed E-state index contributed by atoms with van der Waals surface area (Å²) in [6, 6.07) is 17.5. The molecule has 0 saturated carbocycles. The Balaban J connectivity index is 0.000000228. The molecule has 9 N–H and O–H groups in total. The van der Waals surface area contributed by atoms with Crippen LogP contribution in [-0.4, -0.2) is 134 Å². The SMILES string of the molecule is CC(OC1OCCN(Cc2n[nH]c(=O)[nH]2)[C@H]1c1ccc(F)cc1)c1cc(C(F)(F)F)cc(C(F)(F)F)c1.CC(OC1OCCN[C@H]1c1ccc(F)cc1)c1cc(C(F)(F)F)cc(C(F)(F)F)c1.COC(=O)N/N=C(\N)CCl.COC(=O)N/N=C(\N)CN1CCOC(OC(C)c2cc(C(F)(F)F)cc(C(F)(F)F)c2)[C@@H]1c1ccc(F)cc1. The number of rotatable bonds is 19. The number of hydrogen-bond donors (Lipinski definition) is 7. The van der Waals surface area contributed by atoms with Gasteiger partial charge in [-0.05, 0) is 145 Å². The number of halogens is 22. The van der Waals surface area contributed by atoms with Gasteiger partial charge in [0.05, 0.1) is 123 Å². The summed E-state index contributed by atoms with van der Waals surface area (Å²) in [6.45, 7) is 5.34. The Morgan fingerprint density at radius 1 is 0.509 bits per heavy atom. The summed E-state index contributed by atoms with van der Waals surface area (Å²) in [4.78, 5) is 39.0. The summed E-state index contributed by atoms with van der Waals surface area (Å²) >= 11 is 5.23. The van der Waals surface area contributed by atoms with Gasteiger partial charge in [-0.3, -0.25) is 14.8 Å². The molecule has 45 heteroatoms. The van der Waals surface area contributed by atoms with Gasteiger partial charge in [0.15, 0.2) is 18.9 Å². The summed E-state index contributed by atoms with van der Waals surface area (Å²) in [5, 5.41) is 16.3. The van der Waals surface area contributed by atoms with Crippen LogP contribution in [0.5, 0.6) is 0 Å². The quantitative estimate of drug-likeness (QED) is 0.0130. The highest BCUT2D eigenvalue weighted by Gasteiger charge is 2.44. The number of ether oxygens (including phenoxy) is 8. The fourth-order valence-corrected chi connectivity index (χ4v) is 11.4. The minimum absolute atomic E-state index is 0.0286. The number of hydrogen-bond acceptors (Lipinski definition) is 17. The highest BCUT2D eigenvalue weighted by atomic mass is 35.5. The number of morpholine rings is 3. The van der Waals surface area contributed by atoms with Gasteiger partial charge in [-0.15, -0.1) is 11.6 Å². The lowest BCUT2D eigenvalue weighted by atomic mass is 10.0. The topological polar surface area (TPSA) is 289 Å². The van der Waals surface area contributed by atoms with Crippen LogP contribution in [0.15, 0.2) is 142 Å². The molecule has 0 spiro atoms. The zero-order valence-electron chi connectivity index (χ0n) is 60.9. The number of alkyl halides is 19. The van der Waals surface area contributed by atoms with Crippen LogP contribution in [0.4, 0.5) is 102 Å². The second kappa shape index (κ2) is 40.4. The van der Waals surface area contributed by atoms with Crippen LogP contribution in [0.3, 0.4) is 0 Å². The van der Waals surface area contributed by atoms with E-state index in [-0.39, 0.29) is 97.7 Å². The molecule has 6 aromatic carbocycles. The summed E-state index contributed by atoms with van der Waals surface area (Å²) in [7, 11) is 2.35. The van der Waals surface area contributed by atoms with E-state index in [1.54, 1.807) is 9.80 Å². The number of amidine groups is 2. The second-order valence-corrected chi connectivity index (χ2v) is 25.4. The van der Waals surface area contributed by atoms with Crippen molar-refractivity contribution in [3.05, 3.63) is 228 Å². The maximum atomic E-state index is 13.6. The van der Waals surface area contributed by atoms with Crippen molar-refractivity contribution >= 4 is 35.5 Å². The summed E-state index contributed by atoms with van der Waals surface area (Å²) in [5.74, 6) is -1.09. The van der Waals surface area contributed by atoms with E-state index in [4.69, 9.17) is 51.5 Å². The largest absolute Gasteiger partial charge is 0.452 e. The number of carbonyl (C=O) groups is 2. The second-order valence-electron chi connectivity index (χ2n) is 25.2. The van der Waals surface area contributed by atoms with Gasteiger partial charge in [0.25, 0.3) is 0 Å². The molecule has 7 aromatic rings. The third-order valence-corrected chi connectivity index (χ3v) is 17.2. The van der Waals surface area contributed by atoms with Crippen LogP contribution < -0.4 is 33.3 Å². The lowest BCUT2D eigenvalue weighted by Gasteiger charge is -2.41. The lowest BCUT2D eigenvalue weighted by molar-refractivity contribution is -0.231. The first-order valence-corrected chi connectivity index (χ1v) is 34.4. The molecule has 0 aliphatic carbocycles. The predicted molar refractivity (Wildman–Crippen MR) is 369 cm³/mol. The Morgan fingerprint density at radius 2 is 0.836 bits per heavy atom. The van der Waals surface area contributed by atoms with Gasteiger partial charge < -0.3 is 54.7 Å². The Kier molecular flexibility index (Phi) is 32.5. The zero-order valence-corrected chi connectivity index (χ0v) is 61.6. The van der Waals surface area contributed by atoms with Crippen LogP contribution in [0.2, 0.25) is 0 Å². The van der Waals surface area contributed by atoms with Crippen molar-refractivity contribution in [1.29, 1.82) is 0 Å². The number of carbonyl (C=O) groups excluding carboxylic acids is 2. The average Bonchev–Trinajstić information content (AvgIpc) is 0.909. The van der Waals surface area contributed by atoms with Gasteiger partial charge in [-0.1, -0.05) is 36.4 Å². The van der Waals surface area contributed by atoms with Crippen molar-refractivity contribution < 1.29 is 140 Å². The molecule has 6 unspecified atom stereocenters. The molecule has 4 heterocycles. The van der Waals surface area contributed by atoms with Crippen LogP contribution in [-0.2, 0) is 81.5 Å². The fourth-order valence-electron chi connectivity index (χ4n) is 11.3. The van der Waals surface area contributed by atoms with Crippen molar-refractivity contribution in [3.63, 3.8) is 0 Å². The molecular formula is C71H72ClF21N12O11. The van der Waals surface area contributed by atoms with Gasteiger partial charge in [0.1, 0.15) is 34.9 Å². The minimum Gasteiger partial charge on any atom is -0.452 e. The van der Waals surface area contributed by atoms with Crippen molar-refractivity contribution in [3.8, 4) is 0 Å². The number of nitrogens with zero attached hydrogens (tertiary/aromatic N) is 5. The number of benzene rings is 6. The van der Waals surface area contributed by atoms with Gasteiger partial charge >= 0.3 is 54.9 Å². The number of hydrazone groups is 2. The summed E-state index contributed by atoms with van der Waals surface area (Å²) in [5.41, 5.74) is 6.41. The fraction of sp³-hybridized carbons (Fsp3) is 0.408. The standard InChI is InChI=1S/C24H25F7N4O4.C23H21F7N4O3.C20H18F7NO2.C4H8ClN3O2/c1-13(15-9-16(23(26,27)28)11-17(10-15)24(29,30)31)39-21-20(14-3-5-18(25)6-4-14)35(7-8-38-21)12-19(32)33-34-22(36)37-2;1-12(14-8-15(22(25,26)27)10-16(9-14)23(28,29)30)37-20-19(13-2-4-17(24)5-3-13)34(6-7-36-20)11-18-31-21(35)33-32-18;1-11(13-8-14(19(22,23)24)10-15(9-13)20(25,26)27)30-18-17(28-6-7-29-18)12-2-4-16(21)5-3-12;1-10-4(9)8-7-3(6)2-5/h3-6,9-11,13,20-21H,7-8,12H2,1-2H3,(H2,32,33)(H,34,36);2-5,8-10,12,19-20H,6-7,11H2,1H3,(H2,31,32,33,35);2-5,8-11,17-18,28H,6-7H2,1H3;2H2,1H3,(H2,6,7)(H,8,9)/t13?,20-,21?;12?,19-,20?;11?,17-,18?;/m000./s1. The molecule has 2 amide bonds. The Hall–Kier alpha value is -9.80. The first-order valence-electron chi connectivity index (χ1n) is 33.8. The summed E-state index contributed by atoms with van der Waals surface area (Å²) < 4.78 is 322. The third-order valence-electron chi connectivity index (χ3n) is 16.9. The van der Waals surface area contributed by atoms with E-state index in [1.807, 2.05) is 5.43 Å². The minimum atomic E-state index is -5.03. The number of methoxy groups -OCH3 is 2. The maximum Gasteiger partial charge on any atom is 0.427 e. The number of aromatic nitrogens is 3. The summed E-state index contributed by atoms with van der Waals surface area (Å²) in [6.07, 6.45) is -38.6. The highest BCUT2D eigenvalue weighted by molar-refractivity contribution is 6.28. The predicted octanol–water partition coefficient (Wildman–Crippen LogP) is 15.4. The van der Waals surface area contributed by atoms with Crippen LogP contribution in [0, 0.1) is 17.5 Å². The molecular weight excluding hydrogens is 1630 g/mol. The van der Waals surface area contributed by atoms with Crippen LogP contribution >= 0.6 is 11.6 Å². The van der Waals surface area contributed by atoms with Crippen molar-refractivity contribution in [1.82, 2.24) is 41.1 Å². The van der Waals surface area contributed by atoms with Gasteiger partial charge in [0, 0.05) is 19.6 Å². The van der Waals surface area contributed by atoms with E-state index in [1.165, 1.54) is 101 Å². The molecule has 9 atom stereocenters. The van der Waals surface area contributed by atoms with E-state index in [9.17, 15) is 107 Å². The van der Waals surface area contributed by atoms with E-state index < -0.39 is 161 Å². The maximum absolute atomic E-state index is 13.6. The smallest absolute Gasteiger partial charge is 0.427 e. The number of nitrogens with one attached hydrogen (secondary N) is 5. The Bertz CT molecular complexity index is 4380. The van der Waals surface area contributed by atoms with Crippen LogP contribution in [0.1, 0.15) is 130 Å². The first kappa shape index (κ1) is 93.4. The number of amides is 2. The van der Waals surface area contributed by atoms with Crippen LogP contribution in [0.25, 0.3) is 0 Å². The molecule has 0 radical (unpaired) electrons. The first-order chi connectivity index (χ1) is 54.1. The third kappa shape index (κ3) is 27.7. The van der Waals surface area contributed by atoms with Gasteiger partial charge in [0.2, 0.25) is 0 Å².